The Kier molecular flexibility index (Phi) is 7.94. The Morgan fingerprint density at radius 2 is 2.05 bits per heavy atom. The van der Waals surface area contributed by atoms with Gasteiger partial charge in [-0.1, -0.05) is 12.6 Å². The van der Waals surface area contributed by atoms with Gasteiger partial charge in [0.2, 0.25) is 6.54 Å². The van der Waals surface area contributed by atoms with Gasteiger partial charge in [-0.05, 0) is 38.6 Å². The minimum absolute atomic E-state index is 0.0631. The predicted octanol–water partition coefficient (Wildman–Crippen LogP) is 3.57. The highest BCUT2D eigenvalue weighted by Crippen LogP contribution is 2.37. The van der Waals surface area contributed by atoms with Crippen molar-refractivity contribution in [3.8, 4) is 23.0 Å². The third-order valence-electron chi connectivity index (χ3n) is 7.53. The number of phenolic OH excluding ortho intramolecular Hbond substituents is 1. The van der Waals surface area contributed by atoms with Gasteiger partial charge in [-0.3, -0.25) is 9.78 Å². The molecule has 0 saturated carbocycles. The SMILES string of the molecule is [C-]#[N+]C[C@H]1CN(c2nc(OC[C@@H]3CCCN3C)nc3c(F)c(-c4c(O)cccc4F)ncc23)CCN1C(=O)C(=C)F. The average molecular weight is 568 g/mol. The number of hydrogen-bond acceptors (Lipinski definition) is 8. The zero-order valence-electron chi connectivity index (χ0n) is 22.4. The quantitative estimate of drug-likeness (QED) is 0.342. The van der Waals surface area contributed by atoms with E-state index in [-0.39, 0.29) is 61.6 Å². The van der Waals surface area contributed by atoms with Crippen LogP contribution in [0.15, 0.2) is 36.8 Å². The van der Waals surface area contributed by atoms with Crippen LogP contribution in [-0.4, -0.2) is 94.2 Å². The van der Waals surface area contributed by atoms with Gasteiger partial charge in [-0.15, -0.1) is 0 Å². The van der Waals surface area contributed by atoms with E-state index in [2.05, 4.69) is 31.3 Å². The number of ether oxygens (including phenoxy) is 1. The van der Waals surface area contributed by atoms with Crippen molar-refractivity contribution in [3.63, 3.8) is 0 Å². The number of piperazine rings is 1. The van der Waals surface area contributed by atoms with Gasteiger partial charge in [0.25, 0.3) is 5.91 Å². The molecule has 2 aliphatic rings. The number of pyridine rings is 1. The molecule has 0 spiro atoms. The number of nitrogens with zero attached hydrogens (tertiary/aromatic N) is 7. The second-order valence-electron chi connectivity index (χ2n) is 10.1. The first-order valence-corrected chi connectivity index (χ1v) is 13.1. The van der Waals surface area contributed by atoms with Crippen LogP contribution in [0.25, 0.3) is 27.0 Å². The summed E-state index contributed by atoms with van der Waals surface area (Å²) in [6, 6.07) is 2.93. The number of carbonyl (C=O) groups is 1. The molecule has 0 aliphatic carbocycles. The van der Waals surface area contributed by atoms with Crippen LogP contribution in [0.4, 0.5) is 19.0 Å². The molecule has 1 aromatic carbocycles. The minimum Gasteiger partial charge on any atom is -0.507 e. The third kappa shape index (κ3) is 5.47. The first-order chi connectivity index (χ1) is 19.7. The summed E-state index contributed by atoms with van der Waals surface area (Å²) in [6.45, 7) is 11.8. The summed E-state index contributed by atoms with van der Waals surface area (Å²) in [5.74, 6) is -4.09. The number of rotatable bonds is 7. The maximum atomic E-state index is 16.0. The van der Waals surface area contributed by atoms with Gasteiger partial charge >= 0.3 is 6.01 Å². The van der Waals surface area contributed by atoms with Gasteiger partial charge in [0.05, 0.1) is 10.9 Å². The number of hydrogen-bond donors (Lipinski definition) is 1. The number of halogens is 3. The number of carbonyl (C=O) groups excluding carboxylic acids is 1. The molecule has 2 atom stereocenters. The van der Waals surface area contributed by atoms with Gasteiger partial charge in [0.1, 0.15) is 41.2 Å². The zero-order chi connectivity index (χ0) is 29.3. The van der Waals surface area contributed by atoms with E-state index in [1.165, 1.54) is 23.2 Å². The van der Waals surface area contributed by atoms with E-state index in [0.29, 0.717) is 0 Å². The largest absolute Gasteiger partial charge is 0.507 e. The van der Waals surface area contributed by atoms with Crippen molar-refractivity contribution in [3.05, 3.63) is 59.9 Å². The molecule has 5 rings (SSSR count). The molecule has 10 nitrogen and oxygen atoms in total. The minimum atomic E-state index is -1.12. The van der Waals surface area contributed by atoms with E-state index in [0.717, 1.165) is 25.5 Å². The van der Waals surface area contributed by atoms with E-state index in [4.69, 9.17) is 11.3 Å². The first kappa shape index (κ1) is 28.1. The molecule has 1 amide bonds. The monoisotopic (exact) mass is 567 g/mol. The summed E-state index contributed by atoms with van der Waals surface area (Å²) in [6.07, 6.45) is 3.22. The predicted molar refractivity (Wildman–Crippen MR) is 145 cm³/mol. The highest BCUT2D eigenvalue weighted by molar-refractivity contribution is 5.93. The number of amides is 1. The second-order valence-corrected chi connectivity index (χ2v) is 10.1. The summed E-state index contributed by atoms with van der Waals surface area (Å²) in [5, 5.41) is 10.5. The van der Waals surface area contributed by atoms with Crippen molar-refractivity contribution in [2.24, 2.45) is 0 Å². The Hall–Kier alpha value is -4.44. The van der Waals surface area contributed by atoms with Gasteiger partial charge in [-0.25, -0.2) is 19.7 Å². The third-order valence-corrected chi connectivity index (χ3v) is 7.53. The summed E-state index contributed by atoms with van der Waals surface area (Å²) in [5.41, 5.74) is -1.03. The number of aromatic hydroxyl groups is 1. The second kappa shape index (κ2) is 11.6. The van der Waals surface area contributed by atoms with Crippen LogP contribution in [0.3, 0.4) is 0 Å². The fourth-order valence-electron chi connectivity index (χ4n) is 5.34. The topological polar surface area (TPSA) is 99.3 Å². The lowest BCUT2D eigenvalue weighted by Gasteiger charge is -2.39. The van der Waals surface area contributed by atoms with Crippen LogP contribution in [-0.2, 0) is 4.79 Å². The normalized spacial score (nSPS) is 19.4. The Morgan fingerprint density at radius 3 is 2.73 bits per heavy atom. The summed E-state index contributed by atoms with van der Waals surface area (Å²) in [4.78, 5) is 33.9. The van der Waals surface area contributed by atoms with Crippen LogP contribution in [0.5, 0.6) is 11.8 Å². The number of fused-ring (bicyclic) bond motifs is 1. The molecule has 2 saturated heterocycles. The van der Waals surface area contributed by atoms with Crippen molar-refractivity contribution in [2.75, 3.05) is 51.3 Å². The van der Waals surface area contributed by atoms with Crippen LogP contribution in [0.1, 0.15) is 12.8 Å². The lowest BCUT2D eigenvalue weighted by Crippen LogP contribution is -2.56. The lowest BCUT2D eigenvalue weighted by molar-refractivity contribution is -0.131. The van der Waals surface area contributed by atoms with E-state index < -0.39 is 46.4 Å². The van der Waals surface area contributed by atoms with Gasteiger partial charge in [0.15, 0.2) is 11.6 Å². The van der Waals surface area contributed by atoms with E-state index in [9.17, 15) is 18.7 Å². The summed E-state index contributed by atoms with van der Waals surface area (Å²) < 4.78 is 50.3. The standard InChI is InChI=1S/C28H28F3N7O3/c1-16(29)27(40)38-11-10-37(14-18(38)12-32-2)26-19-13-33-25(22-20(30)7-4-8-21(22)39)23(31)24(19)34-28(35-26)41-15-17-6-5-9-36(17)3/h4,7-8,13,17-18,39H,1,5-6,9-12,14-15H2,3H3/t17-,18-/m0/s1. The fourth-order valence-corrected chi connectivity index (χ4v) is 5.34. The van der Waals surface area contributed by atoms with Crippen molar-refractivity contribution in [1.82, 2.24) is 24.8 Å². The molecule has 1 N–H and O–H groups in total. The first-order valence-electron chi connectivity index (χ1n) is 13.1. The molecule has 4 heterocycles. The van der Waals surface area contributed by atoms with Crippen molar-refractivity contribution in [2.45, 2.75) is 24.9 Å². The Labute approximate surface area is 234 Å². The van der Waals surface area contributed by atoms with Gasteiger partial charge in [0, 0.05) is 31.9 Å². The molecular formula is C28H28F3N7O3. The highest BCUT2D eigenvalue weighted by Gasteiger charge is 2.35. The van der Waals surface area contributed by atoms with Crippen LogP contribution < -0.4 is 9.64 Å². The number of phenols is 1. The van der Waals surface area contributed by atoms with E-state index in [1.54, 1.807) is 4.90 Å². The number of likely N-dealkylation sites (N-methyl/N-ethyl adjacent to an activating group) is 1. The Bertz CT molecular complexity index is 1530. The van der Waals surface area contributed by atoms with Crippen LogP contribution in [0.2, 0.25) is 0 Å². The van der Waals surface area contributed by atoms with Crippen molar-refractivity contribution < 1.29 is 27.8 Å². The number of benzene rings is 1. The maximum Gasteiger partial charge on any atom is 0.319 e. The van der Waals surface area contributed by atoms with Crippen molar-refractivity contribution in [1.29, 1.82) is 0 Å². The van der Waals surface area contributed by atoms with Crippen LogP contribution >= 0.6 is 0 Å². The molecule has 2 fully saturated rings. The Balaban J connectivity index is 1.58. The number of likely N-dealkylation sites (tertiary alicyclic amines) is 1. The molecule has 0 radical (unpaired) electrons. The molecule has 2 aliphatic heterocycles. The fraction of sp³-hybridized carbons (Fsp3) is 0.393. The smallest absolute Gasteiger partial charge is 0.319 e. The molecule has 0 bridgehead atoms. The van der Waals surface area contributed by atoms with E-state index >= 15 is 4.39 Å². The lowest BCUT2D eigenvalue weighted by atomic mass is 10.1. The zero-order valence-corrected chi connectivity index (χ0v) is 22.4. The van der Waals surface area contributed by atoms with Gasteiger partial charge in [-0.2, -0.15) is 9.97 Å². The molecule has 41 heavy (non-hydrogen) atoms. The molecule has 214 valence electrons. The molecule has 0 unspecified atom stereocenters. The summed E-state index contributed by atoms with van der Waals surface area (Å²) in [7, 11) is 1.98. The highest BCUT2D eigenvalue weighted by atomic mass is 19.1. The number of anilines is 1. The van der Waals surface area contributed by atoms with Crippen LogP contribution in [0, 0.1) is 18.2 Å². The average Bonchev–Trinajstić information content (AvgIpc) is 3.37. The van der Waals surface area contributed by atoms with Crippen molar-refractivity contribution >= 4 is 22.6 Å². The Morgan fingerprint density at radius 1 is 1.24 bits per heavy atom. The molecule has 2 aromatic heterocycles. The number of aromatic nitrogens is 3. The summed E-state index contributed by atoms with van der Waals surface area (Å²) >= 11 is 0. The molecule has 3 aromatic rings. The molecule has 13 heteroatoms. The maximum absolute atomic E-state index is 16.0. The molecular weight excluding hydrogens is 539 g/mol. The van der Waals surface area contributed by atoms with Gasteiger partial charge < -0.3 is 29.4 Å². The van der Waals surface area contributed by atoms with E-state index in [1.807, 2.05) is 7.05 Å².